The average Bonchev–Trinajstić information content (AvgIpc) is 2.74. The standard InChI is InChI=1S/C22H19N3O3/c23-21(25-27)16-11-9-14(10-12-16)13-17-7-4-8-18-19(17)24-22(26)20(28-18)15-5-2-1-3-6-15/h1-12,20,27H,13H2,(H2,23,25)(H,24,26). The third-order valence-corrected chi connectivity index (χ3v) is 4.70. The number of carbonyl (C=O) groups is 1. The maximum absolute atomic E-state index is 12.6. The predicted octanol–water partition coefficient (Wildman–Crippen LogP) is 3.44. The third kappa shape index (κ3) is 3.40. The van der Waals surface area contributed by atoms with E-state index in [1.165, 1.54) is 0 Å². The zero-order valence-corrected chi connectivity index (χ0v) is 15.0. The van der Waals surface area contributed by atoms with E-state index in [1.54, 1.807) is 12.1 Å². The summed E-state index contributed by atoms with van der Waals surface area (Å²) >= 11 is 0. The van der Waals surface area contributed by atoms with Gasteiger partial charge in [0.1, 0.15) is 5.75 Å². The maximum Gasteiger partial charge on any atom is 0.270 e. The van der Waals surface area contributed by atoms with Crippen LogP contribution in [0.2, 0.25) is 0 Å². The highest BCUT2D eigenvalue weighted by Crippen LogP contribution is 2.38. The normalized spacial score (nSPS) is 16.1. The molecule has 1 aliphatic rings. The number of amides is 1. The minimum atomic E-state index is -0.663. The van der Waals surface area contributed by atoms with Gasteiger partial charge in [0, 0.05) is 11.1 Å². The highest BCUT2D eigenvalue weighted by atomic mass is 16.5. The first-order valence-corrected chi connectivity index (χ1v) is 8.87. The Morgan fingerprint density at radius 3 is 2.50 bits per heavy atom. The molecule has 0 aliphatic carbocycles. The number of rotatable bonds is 4. The number of hydrogen-bond donors (Lipinski definition) is 3. The highest BCUT2D eigenvalue weighted by Gasteiger charge is 2.30. The Hall–Kier alpha value is -3.80. The molecule has 4 rings (SSSR count). The number of carbonyl (C=O) groups excluding carboxylic acids is 1. The zero-order valence-electron chi connectivity index (χ0n) is 15.0. The van der Waals surface area contributed by atoms with Crippen LogP contribution in [-0.2, 0) is 11.2 Å². The molecule has 1 unspecified atom stereocenters. The van der Waals surface area contributed by atoms with E-state index in [0.717, 1.165) is 16.7 Å². The van der Waals surface area contributed by atoms with Crippen molar-refractivity contribution in [1.82, 2.24) is 0 Å². The second-order valence-corrected chi connectivity index (χ2v) is 6.55. The van der Waals surface area contributed by atoms with Crippen LogP contribution in [0, 0.1) is 0 Å². The molecular weight excluding hydrogens is 354 g/mol. The number of benzene rings is 3. The first-order chi connectivity index (χ1) is 13.7. The van der Waals surface area contributed by atoms with Gasteiger partial charge in [-0.1, -0.05) is 71.9 Å². The Morgan fingerprint density at radius 1 is 1.04 bits per heavy atom. The Morgan fingerprint density at radius 2 is 1.79 bits per heavy atom. The van der Waals surface area contributed by atoms with Crippen LogP contribution in [-0.4, -0.2) is 17.0 Å². The summed E-state index contributed by atoms with van der Waals surface area (Å²) in [4.78, 5) is 12.6. The van der Waals surface area contributed by atoms with Crippen molar-refractivity contribution in [1.29, 1.82) is 0 Å². The van der Waals surface area contributed by atoms with E-state index in [1.807, 2.05) is 60.7 Å². The molecule has 6 heteroatoms. The Kier molecular flexibility index (Phi) is 4.68. The van der Waals surface area contributed by atoms with Crippen molar-refractivity contribution in [2.24, 2.45) is 10.9 Å². The van der Waals surface area contributed by atoms with Crippen molar-refractivity contribution in [2.75, 3.05) is 5.32 Å². The number of oxime groups is 1. The van der Waals surface area contributed by atoms with Crippen molar-refractivity contribution < 1.29 is 14.7 Å². The first-order valence-electron chi connectivity index (χ1n) is 8.87. The maximum atomic E-state index is 12.6. The van der Waals surface area contributed by atoms with Gasteiger partial charge < -0.3 is 21.0 Å². The lowest BCUT2D eigenvalue weighted by Crippen LogP contribution is -2.30. The molecular formula is C22H19N3O3. The van der Waals surface area contributed by atoms with Gasteiger partial charge in [0.2, 0.25) is 6.10 Å². The van der Waals surface area contributed by atoms with Gasteiger partial charge in [-0.05, 0) is 23.6 Å². The molecule has 1 heterocycles. The summed E-state index contributed by atoms with van der Waals surface area (Å²) in [6, 6.07) is 22.6. The molecule has 0 radical (unpaired) electrons. The van der Waals surface area contributed by atoms with Crippen LogP contribution in [0.5, 0.6) is 5.75 Å². The van der Waals surface area contributed by atoms with E-state index in [0.29, 0.717) is 23.4 Å². The molecule has 0 fully saturated rings. The molecule has 3 aromatic carbocycles. The van der Waals surface area contributed by atoms with Gasteiger partial charge in [0.15, 0.2) is 5.84 Å². The second kappa shape index (κ2) is 7.44. The van der Waals surface area contributed by atoms with Crippen LogP contribution in [0.25, 0.3) is 0 Å². The molecule has 3 aromatic rings. The minimum Gasteiger partial charge on any atom is -0.474 e. The number of anilines is 1. The summed E-state index contributed by atoms with van der Waals surface area (Å²) in [5.74, 6) is 0.531. The molecule has 1 amide bonds. The van der Waals surface area contributed by atoms with Crippen molar-refractivity contribution in [3.05, 3.63) is 95.1 Å². The molecule has 4 N–H and O–H groups in total. The van der Waals surface area contributed by atoms with Crippen molar-refractivity contribution >= 4 is 17.4 Å². The third-order valence-electron chi connectivity index (χ3n) is 4.70. The van der Waals surface area contributed by atoms with Crippen molar-refractivity contribution in [3.8, 4) is 5.75 Å². The van der Waals surface area contributed by atoms with Crippen LogP contribution in [0.4, 0.5) is 5.69 Å². The van der Waals surface area contributed by atoms with E-state index in [4.69, 9.17) is 15.7 Å². The van der Waals surface area contributed by atoms with Gasteiger partial charge in [0.05, 0.1) is 5.69 Å². The topological polar surface area (TPSA) is 96.9 Å². The number of para-hydroxylation sites is 1. The predicted molar refractivity (Wildman–Crippen MR) is 107 cm³/mol. The quantitative estimate of drug-likeness (QED) is 0.282. The molecule has 0 bridgehead atoms. The number of nitrogens with two attached hydrogens (primary N) is 1. The van der Waals surface area contributed by atoms with Crippen LogP contribution in [0.3, 0.4) is 0 Å². The average molecular weight is 373 g/mol. The Bertz CT molecular complexity index is 1030. The molecule has 0 saturated carbocycles. The van der Waals surface area contributed by atoms with Gasteiger partial charge in [-0.2, -0.15) is 0 Å². The Balaban J connectivity index is 1.59. The molecule has 28 heavy (non-hydrogen) atoms. The summed E-state index contributed by atoms with van der Waals surface area (Å²) < 4.78 is 6.00. The van der Waals surface area contributed by atoms with Gasteiger partial charge in [-0.3, -0.25) is 4.79 Å². The molecule has 1 aliphatic heterocycles. The number of ether oxygens (including phenoxy) is 1. The van der Waals surface area contributed by atoms with E-state index in [-0.39, 0.29) is 11.7 Å². The van der Waals surface area contributed by atoms with Gasteiger partial charge >= 0.3 is 0 Å². The largest absolute Gasteiger partial charge is 0.474 e. The summed E-state index contributed by atoms with van der Waals surface area (Å²) in [5.41, 5.74) is 9.73. The second-order valence-electron chi connectivity index (χ2n) is 6.55. The fourth-order valence-corrected chi connectivity index (χ4v) is 3.25. The van der Waals surface area contributed by atoms with Crippen molar-refractivity contribution in [3.63, 3.8) is 0 Å². The lowest BCUT2D eigenvalue weighted by molar-refractivity contribution is -0.123. The number of amidine groups is 1. The number of fused-ring (bicyclic) bond motifs is 1. The van der Waals surface area contributed by atoms with Gasteiger partial charge in [-0.25, -0.2) is 0 Å². The number of nitrogens with zero attached hydrogens (tertiary/aromatic N) is 1. The smallest absolute Gasteiger partial charge is 0.270 e. The van der Waals surface area contributed by atoms with E-state index in [2.05, 4.69) is 10.5 Å². The zero-order chi connectivity index (χ0) is 19.5. The van der Waals surface area contributed by atoms with Crippen LogP contribution in [0.1, 0.15) is 28.4 Å². The molecule has 0 saturated heterocycles. The fraction of sp³-hybridized carbons (Fsp3) is 0.0909. The molecule has 140 valence electrons. The van der Waals surface area contributed by atoms with Crippen LogP contribution < -0.4 is 15.8 Å². The van der Waals surface area contributed by atoms with E-state index >= 15 is 0 Å². The van der Waals surface area contributed by atoms with Crippen LogP contribution >= 0.6 is 0 Å². The molecule has 0 spiro atoms. The first kappa shape index (κ1) is 17.6. The molecule has 1 atom stereocenters. The fourth-order valence-electron chi connectivity index (χ4n) is 3.25. The minimum absolute atomic E-state index is 0.0660. The summed E-state index contributed by atoms with van der Waals surface area (Å²) in [7, 11) is 0. The lowest BCUT2D eigenvalue weighted by atomic mass is 9.99. The lowest BCUT2D eigenvalue weighted by Gasteiger charge is -2.27. The van der Waals surface area contributed by atoms with E-state index in [9.17, 15) is 4.79 Å². The SMILES string of the molecule is NC(=NO)c1ccc(Cc2cccc3c2NC(=O)C(c2ccccc2)O3)cc1. The monoisotopic (exact) mass is 373 g/mol. The number of nitrogens with one attached hydrogen (secondary N) is 1. The van der Waals surface area contributed by atoms with Gasteiger partial charge in [0.25, 0.3) is 5.91 Å². The van der Waals surface area contributed by atoms with Crippen molar-refractivity contribution in [2.45, 2.75) is 12.5 Å². The van der Waals surface area contributed by atoms with E-state index < -0.39 is 6.10 Å². The van der Waals surface area contributed by atoms with Gasteiger partial charge in [-0.15, -0.1) is 0 Å². The number of hydrogen-bond acceptors (Lipinski definition) is 4. The summed E-state index contributed by atoms with van der Waals surface area (Å²) in [5, 5.41) is 14.8. The summed E-state index contributed by atoms with van der Waals surface area (Å²) in [6.45, 7) is 0. The molecule has 0 aromatic heterocycles. The summed E-state index contributed by atoms with van der Waals surface area (Å²) in [6.07, 6.45) is -0.0526. The highest BCUT2D eigenvalue weighted by molar-refractivity contribution is 5.99. The Labute approximate surface area is 162 Å². The molecule has 6 nitrogen and oxygen atoms in total. The van der Waals surface area contributed by atoms with Crippen LogP contribution in [0.15, 0.2) is 78.0 Å².